The minimum absolute atomic E-state index is 0.0433. The number of carbonyl (C=O) groups is 1. The molecule has 0 unspecified atom stereocenters. The molecule has 0 aromatic heterocycles. The number of rotatable bonds is 4. The second kappa shape index (κ2) is 5.72. The summed E-state index contributed by atoms with van der Waals surface area (Å²) in [7, 11) is 0. The Morgan fingerprint density at radius 1 is 1.38 bits per heavy atom. The van der Waals surface area contributed by atoms with Crippen LogP contribution in [0.2, 0.25) is 0 Å². The fourth-order valence-electron chi connectivity index (χ4n) is 1.13. The molecule has 0 saturated carbocycles. The van der Waals surface area contributed by atoms with Crippen LogP contribution < -0.4 is 4.74 Å². The summed E-state index contributed by atoms with van der Waals surface area (Å²) < 4.78 is 5.11. The van der Waals surface area contributed by atoms with E-state index in [9.17, 15) is 4.79 Å². The van der Waals surface area contributed by atoms with Gasteiger partial charge in [0.05, 0.1) is 0 Å². The fourth-order valence-corrected chi connectivity index (χ4v) is 1.13. The molecular formula is C13H13NO2. The number of ether oxygens (including phenoxy) is 1. The molecule has 0 saturated heterocycles. The lowest BCUT2D eigenvalue weighted by molar-refractivity contribution is -0.113. The fraction of sp³-hybridized carbons (Fsp3) is 0.231. The van der Waals surface area contributed by atoms with Gasteiger partial charge in [-0.3, -0.25) is 4.79 Å². The Morgan fingerprint density at radius 3 is 2.50 bits per heavy atom. The second-order valence-electron chi connectivity index (χ2n) is 3.40. The highest BCUT2D eigenvalue weighted by Crippen LogP contribution is 2.14. The van der Waals surface area contributed by atoms with Gasteiger partial charge < -0.3 is 4.74 Å². The van der Waals surface area contributed by atoms with Crippen molar-refractivity contribution in [2.24, 2.45) is 0 Å². The topological polar surface area (TPSA) is 50.1 Å². The summed E-state index contributed by atoms with van der Waals surface area (Å²) in [6.45, 7) is 3.36. The lowest BCUT2D eigenvalue weighted by atomic mass is 10.1. The first kappa shape index (κ1) is 12.0. The van der Waals surface area contributed by atoms with Gasteiger partial charge in [-0.2, -0.15) is 5.26 Å². The van der Waals surface area contributed by atoms with Gasteiger partial charge in [0.15, 0.2) is 12.4 Å². The number of benzene rings is 1. The highest BCUT2D eigenvalue weighted by atomic mass is 16.5. The summed E-state index contributed by atoms with van der Waals surface area (Å²) in [6.07, 6.45) is 1.82. The molecule has 1 rings (SSSR count). The number of nitrogens with zero attached hydrogens (tertiary/aromatic N) is 1. The van der Waals surface area contributed by atoms with Gasteiger partial charge in [-0.05, 0) is 43.2 Å². The Labute approximate surface area is 95.0 Å². The van der Waals surface area contributed by atoms with Crippen LogP contribution in [0.15, 0.2) is 29.8 Å². The van der Waals surface area contributed by atoms with Crippen molar-refractivity contribution < 1.29 is 9.53 Å². The molecule has 0 radical (unpaired) electrons. The van der Waals surface area contributed by atoms with Crippen LogP contribution in [0.4, 0.5) is 0 Å². The van der Waals surface area contributed by atoms with Gasteiger partial charge in [-0.1, -0.05) is 12.1 Å². The van der Waals surface area contributed by atoms with Gasteiger partial charge >= 0.3 is 0 Å². The maximum absolute atomic E-state index is 11.0. The number of hydrogen-bond acceptors (Lipinski definition) is 3. The van der Waals surface area contributed by atoms with Crippen molar-refractivity contribution in [2.75, 3.05) is 6.61 Å². The molecule has 0 aliphatic heterocycles. The number of Topliss-reactive ketones (excluding diaryl/α,β-unsaturated/α-hetero) is 1. The minimum atomic E-state index is 0.0433. The summed E-state index contributed by atoms with van der Waals surface area (Å²) in [5.41, 5.74) is 1.66. The van der Waals surface area contributed by atoms with Crippen molar-refractivity contribution in [2.45, 2.75) is 13.8 Å². The molecule has 0 amide bonds. The lowest BCUT2D eigenvalue weighted by Crippen LogP contribution is -1.93. The zero-order chi connectivity index (χ0) is 12.0. The molecule has 82 valence electrons. The predicted molar refractivity (Wildman–Crippen MR) is 61.9 cm³/mol. The molecule has 0 aliphatic carbocycles. The third-order valence-electron chi connectivity index (χ3n) is 2.12. The Balaban J connectivity index is 2.76. The molecular weight excluding hydrogens is 202 g/mol. The minimum Gasteiger partial charge on any atom is -0.479 e. The number of allylic oxidation sites excluding steroid dienone is 1. The van der Waals surface area contributed by atoms with E-state index in [1.54, 1.807) is 19.1 Å². The van der Waals surface area contributed by atoms with E-state index in [1.165, 1.54) is 6.92 Å². The Hall–Kier alpha value is -2.08. The van der Waals surface area contributed by atoms with Gasteiger partial charge in [-0.15, -0.1) is 0 Å². The van der Waals surface area contributed by atoms with Gasteiger partial charge in [0, 0.05) is 0 Å². The van der Waals surface area contributed by atoms with Crippen molar-refractivity contribution in [1.82, 2.24) is 0 Å². The summed E-state index contributed by atoms with van der Waals surface area (Å²) in [5, 5.41) is 8.34. The standard InChI is InChI=1S/C13H13NO2/c1-10(11(2)15)9-12-3-5-13(6-4-12)16-8-7-14/h3-6,9H,8H2,1-2H3/b10-9+. The molecule has 1 aromatic rings. The predicted octanol–water partition coefficient (Wildman–Crippen LogP) is 2.58. The molecule has 0 bridgehead atoms. The first-order valence-corrected chi connectivity index (χ1v) is 4.92. The van der Waals surface area contributed by atoms with E-state index in [0.29, 0.717) is 11.3 Å². The molecule has 16 heavy (non-hydrogen) atoms. The maximum Gasteiger partial charge on any atom is 0.174 e. The third kappa shape index (κ3) is 3.58. The van der Waals surface area contributed by atoms with Crippen LogP contribution >= 0.6 is 0 Å². The normalized spacial score (nSPS) is 10.7. The molecule has 3 heteroatoms. The summed E-state index contributed by atoms with van der Waals surface area (Å²) in [5.74, 6) is 0.712. The van der Waals surface area contributed by atoms with Crippen LogP contribution in [-0.4, -0.2) is 12.4 Å². The first-order chi connectivity index (χ1) is 7.63. The average molecular weight is 215 g/mol. The van der Waals surface area contributed by atoms with Crippen LogP contribution in [0, 0.1) is 11.3 Å². The highest BCUT2D eigenvalue weighted by Gasteiger charge is 1.97. The van der Waals surface area contributed by atoms with Gasteiger partial charge in [0.1, 0.15) is 11.8 Å². The number of carbonyl (C=O) groups excluding carboxylic acids is 1. The van der Waals surface area contributed by atoms with E-state index in [2.05, 4.69) is 0 Å². The summed E-state index contributed by atoms with van der Waals surface area (Å²) in [6, 6.07) is 9.14. The SMILES string of the molecule is CC(=O)/C(C)=C/c1ccc(OCC#N)cc1. The Morgan fingerprint density at radius 2 is 2.00 bits per heavy atom. The quantitative estimate of drug-likeness (QED) is 0.725. The van der Waals surface area contributed by atoms with Crippen molar-refractivity contribution >= 4 is 11.9 Å². The zero-order valence-corrected chi connectivity index (χ0v) is 9.36. The van der Waals surface area contributed by atoms with E-state index < -0.39 is 0 Å². The van der Waals surface area contributed by atoms with E-state index in [1.807, 2.05) is 24.3 Å². The smallest absolute Gasteiger partial charge is 0.174 e. The summed E-state index contributed by atoms with van der Waals surface area (Å²) in [4.78, 5) is 11.0. The number of nitriles is 1. The number of hydrogen-bond donors (Lipinski definition) is 0. The first-order valence-electron chi connectivity index (χ1n) is 4.92. The van der Waals surface area contributed by atoms with Crippen LogP contribution in [0.5, 0.6) is 5.75 Å². The van der Waals surface area contributed by atoms with Crippen molar-refractivity contribution in [3.63, 3.8) is 0 Å². The van der Waals surface area contributed by atoms with E-state index >= 15 is 0 Å². The van der Waals surface area contributed by atoms with Gasteiger partial charge in [0.25, 0.3) is 0 Å². The molecule has 0 fully saturated rings. The van der Waals surface area contributed by atoms with Crippen molar-refractivity contribution in [3.8, 4) is 11.8 Å². The third-order valence-corrected chi connectivity index (χ3v) is 2.12. The summed E-state index contributed by atoms with van der Waals surface area (Å²) >= 11 is 0. The Bertz CT molecular complexity index is 438. The lowest BCUT2D eigenvalue weighted by Gasteiger charge is -2.01. The van der Waals surface area contributed by atoms with Crippen molar-refractivity contribution in [1.29, 1.82) is 5.26 Å². The molecule has 0 aliphatic rings. The zero-order valence-electron chi connectivity index (χ0n) is 9.36. The van der Waals surface area contributed by atoms with Gasteiger partial charge in [-0.25, -0.2) is 0 Å². The van der Waals surface area contributed by atoms with Crippen LogP contribution in [0.3, 0.4) is 0 Å². The maximum atomic E-state index is 11.0. The van der Waals surface area contributed by atoms with E-state index in [4.69, 9.17) is 10.00 Å². The van der Waals surface area contributed by atoms with Crippen LogP contribution in [0.25, 0.3) is 6.08 Å². The molecule has 0 N–H and O–H groups in total. The van der Waals surface area contributed by atoms with Crippen LogP contribution in [-0.2, 0) is 4.79 Å². The second-order valence-corrected chi connectivity index (χ2v) is 3.40. The number of ketones is 1. The molecule has 1 aromatic carbocycles. The van der Waals surface area contributed by atoms with Crippen LogP contribution in [0.1, 0.15) is 19.4 Å². The van der Waals surface area contributed by atoms with Gasteiger partial charge in [0.2, 0.25) is 0 Å². The largest absolute Gasteiger partial charge is 0.479 e. The van der Waals surface area contributed by atoms with E-state index in [0.717, 1.165) is 5.56 Å². The molecule has 0 spiro atoms. The van der Waals surface area contributed by atoms with Crippen molar-refractivity contribution in [3.05, 3.63) is 35.4 Å². The van der Waals surface area contributed by atoms with E-state index in [-0.39, 0.29) is 12.4 Å². The average Bonchev–Trinajstić information content (AvgIpc) is 2.28. The molecule has 0 heterocycles. The monoisotopic (exact) mass is 215 g/mol. The molecule has 3 nitrogen and oxygen atoms in total. The highest BCUT2D eigenvalue weighted by molar-refractivity contribution is 5.97. The molecule has 0 atom stereocenters. The Kier molecular flexibility index (Phi) is 4.28.